The summed E-state index contributed by atoms with van der Waals surface area (Å²) in [7, 11) is 0. The lowest BCUT2D eigenvalue weighted by Crippen LogP contribution is -2.59. The van der Waals surface area contributed by atoms with Crippen LogP contribution >= 0.6 is 0 Å². The highest BCUT2D eigenvalue weighted by Crippen LogP contribution is 2.09. The van der Waals surface area contributed by atoms with Crippen LogP contribution in [-0.2, 0) is 33.6 Å². The van der Waals surface area contributed by atoms with Crippen LogP contribution in [0.5, 0.6) is 0 Å². The minimum absolute atomic E-state index is 0.0125. The Morgan fingerprint density at radius 2 is 0.551 bits per heavy atom. The summed E-state index contributed by atoms with van der Waals surface area (Å²) in [5.41, 5.74) is 65.4. The van der Waals surface area contributed by atoms with Gasteiger partial charge in [-0.15, -0.1) is 0 Å². The maximum Gasteiger partial charge on any atom is 0.243 e. The lowest BCUT2D eigenvalue weighted by molar-refractivity contribution is -0.135. The Labute approximate surface area is 400 Å². The molecule has 0 aromatic carbocycles. The van der Waals surface area contributed by atoms with E-state index >= 15 is 0 Å². The fourth-order valence-corrected chi connectivity index (χ4v) is 6.17. The van der Waals surface area contributed by atoms with Crippen molar-refractivity contribution in [3.8, 4) is 0 Å². The van der Waals surface area contributed by atoms with Crippen LogP contribution in [0.25, 0.3) is 0 Å². The minimum Gasteiger partial charge on any atom is -0.370 e. The number of carbonyl (C=O) groups is 7. The van der Waals surface area contributed by atoms with E-state index < -0.39 is 71.7 Å². The van der Waals surface area contributed by atoms with Gasteiger partial charge in [-0.05, 0) is 77.0 Å². The van der Waals surface area contributed by atoms with Crippen molar-refractivity contribution in [2.24, 2.45) is 98.8 Å². The summed E-state index contributed by atoms with van der Waals surface area (Å²) >= 11 is 0. The summed E-state index contributed by atoms with van der Waals surface area (Å²) in [4.78, 5) is 117. The van der Waals surface area contributed by atoms with Crippen LogP contribution in [0.1, 0.15) is 84.0 Å². The first-order chi connectivity index (χ1) is 32.5. The van der Waals surface area contributed by atoms with Crippen molar-refractivity contribution in [1.82, 2.24) is 31.9 Å². The summed E-state index contributed by atoms with van der Waals surface area (Å²) in [6.07, 6.45) is 1.84. The molecule has 0 aliphatic carbocycles. The van der Waals surface area contributed by atoms with Crippen LogP contribution < -0.4 is 101 Å². The summed E-state index contributed by atoms with van der Waals surface area (Å²) in [5.74, 6) is -5.67. The highest BCUT2D eigenvalue weighted by atomic mass is 16.2. The monoisotopic (exact) mass is 981 g/mol. The molecule has 0 aliphatic rings. The highest BCUT2D eigenvalue weighted by molar-refractivity contribution is 5.96. The third-order valence-corrected chi connectivity index (χ3v) is 9.41. The molecule has 0 heterocycles. The van der Waals surface area contributed by atoms with Gasteiger partial charge in [0.05, 0.1) is 6.04 Å². The second kappa shape index (κ2) is 35.3. The van der Waals surface area contributed by atoms with Gasteiger partial charge in [0, 0.05) is 46.2 Å². The number of carbonyl (C=O) groups excluding carboxylic acids is 7. The number of nitrogens with two attached hydrogens (primary N) is 12. The van der Waals surface area contributed by atoms with Crippen LogP contribution in [0, 0.1) is 0 Å². The Kier molecular flexibility index (Phi) is 31.3. The van der Waals surface area contributed by atoms with Gasteiger partial charge in [0.2, 0.25) is 35.4 Å². The molecule has 0 aliphatic heterocycles. The van der Waals surface area contributed by atoms with Gasteiger partial charge in [-0.3, -0.25) is 58.7 Å². The number of rotatable bonds is 36. The molecule has 0 radical (unpaired) electrons. The Hall–Kier alpha value is -7.89. The van der Waals surface area contributed by atoms with E-state index in [1.165, 1.54) is 6.92 Å². The van der Waals surface area contributed by atoms with Crippen LogP contribution in [0.15, 0.2) is 30.0 Å². The van der Waals surface area contributed by atoms with Crippen molar-refractivity contribution in [2.75, 3.05) is 39.3 Å². The molecule has 0 aromatic rings. The maximum absolute atomic E-state index is 14.3. The third-order valence-electron chi connectivity index (χ3n) is 9.41. The second-order valence-corrected chi connectivity index (χ2v) is 15.4. The van der Waals surface area contributed by atoms with Gasteiger partial charge in [0.1, 0.15) is 36.5 Å². The molecule has 0 saturated heterocycles. The first-order valence-corrected chi connectivity index (χ1v) is 22.1. The largest absolute Gasteiger partial charge is 0.370 e. The van der Waals surface area contributed by atoms with Gasteiger partial charge in [-0.1, -0.05) is 0 Å². The van der Waals surface area contributed by atoms with Crippen molar-refractivity contribution in [2.45, 2.75) is 120 Å². The van der Waals surface area contributed by atoms with Crippen molar-refractivity contribution >= 4 is 77.5 Å². The Balaban J connectivity index is 6.90. The molecule has 0 saturated carbocycles. The Morgan fingerprint density at radius 3 is 0.754 bits per heavy atom. The quantitative estimate of drug-likeness (QED) is 0.0120. The van der Waals surface area contributed by atoms with Crippen LogP contribution in [0.3, 0.4) is 0 Å². The van der Waals surface area contributed by atoms with Gasteiger partial charge >= 0.3 is 0 Å². The fourth-order valence-electron chi connectivity index (χ4n) is 6.17. The molecule has 390 valence electrons. The molecule has 31 heteroatoms. The van der Waals surface area contributed by atoms with Gasteiger partial charge in [-0.2, -0.15) is 0 Å². The van der Waals surface area contributed by atoms with Crippen molar-refractivity contribution in [3.63, 3.8) is 0 Å². The molecular weight excluding hydrogens is 905 g/mol. The number of hydrogen-bond donors (Lipinski definition) is 18. The highest BCUT2D eigenvalue weighted by Gasteiger charge is 2.32. The maximum atomic E-state index is 14.3. The van der Waals surface area contributed by atoms with E-state index in [9.17, 15) is 33.6 Å². The number of amides is 6. The number of hydrogen-bond acceptors (Lipinski definition) is 13. The average molecular weight is 981 g/mol. The molecule has 0 fully saturated rings. The van der Waals surface area contributed by atoms with E-state index in [1.54, 1.807) is 0 Å². The summed E-state index contributed by atoms with van der Waals surface area (Å²) < 4.78 is 0. The molecule has 6 amide bonds. The average Bonchev–Trinajstić information content (AvgIpc) is 3.25. The molecule has 0 bridgehead atoms. The van der Waals surface area contributed by atoms with Gasteiger partial charge in [-0.25, -0.2) is 0 Å². The van der Waals surface area contributed by atoms with E-state index in [4.69, 9.17) is 68.8 Å². The van der Waals surface area contributed by atoms with Crippen molar-refractivity contribution in [3.05, 3.63) is 0 Å². The SMILES string of the molecule is CC(=O)N[C@H](CCCN=C(N)N)C(=O)N[C@H](CCCN=C(N)N)C(=O)N[C@H](CCCN=C(N)N)C(=O)N[C@H](CCCN=C(N)N)C(=O)N[C@H](CCCN=C(N)N)C(=O)N[C@@H](C=O)CCCN=C(N)N. The number of aldehydes is 1. The molecule has 69 heavy (non-hydrogen) atoms. The van der Waals surface area contributed by atoms with E-state index in [0.717, 1.165) is 0 Å². The van der Waals surface area contributed by atoms with Crippen LogP contribution in [0.2, 0.25) is 0 Å². The van der Waals surface area contributed by atoms with E-state index in [-0.39, 0.29) is 146 Å². The molecule has 0 aromatic heterocycles. The zero-order valence-corrected chi connectivity index (χ0v) is 39.2. The van der Waals surface area contributed by atoms with Crippen molar-refractivity contribution < 1.29 is 33.6 Å². The topological polar surface area (TPSA) is 578 Å². The molecule has 31 nitrogen and oxygen atoms in total. The zero-order valence-electron chi connectivity index (χ0n) is 39.2. The molecule has 30 N–H and O–H groups in total. The predicted octanol–water partition coefficient (Wildman–Crippen LogP) is -8.56. The Bertz CT molecular complexity index is 1820. The van der Waals surface area contributed by atoms with Crippen LogP contribution in [0.4, 0.5) is 0 Å². The molecular formula is C38H76N24O7. The standard InChI is InChI=1S/C38H76N24O7/c1-21(64)57-23(9-3-15-52-34(41)42)29(66)60-25(11-5-17-54-36(45)46)31(68)62-27(13-7-19-56-38(49)50)32(69)61-26(12-6-18-55-37(47)48)30(67)59-24(10-4-16-53-35(43)44)28(65)58-22(20-63)8-2-14-51-33(39)40/h20,22-27H,2-19H2,1H3,(H,57,64)(H,58,65)(H,59,67)(H,60,66)(H,61,69)(H,62,68)(H4,39,40,51)(H4,41,42,52)(H4,43,44,53)(H4,45,46,54)(H4,47,48,55)(H4,49,50,56)/t22-,23-,24-,25-,26-,27-/m1/s1. The Morgan fingerprint density at radius 1 is 0.348 bits per heavy atom. The predicted molar refractivity (Wildman–Crippen MR) is 263 cm³/mol. The van der Waals surface area contributed by atoms with E-state index in [2.05, 4.69) is 61.9 Å². The lowest BCUT2D eigenvalue weighted by Gasteiger charge is -2.27. The molecule has 0 unspecified atom stereocenters. The second-order valence-electron chi connectivity index (χ2n) is 15.4. The molecule has 0 rings (SSSR count). The smallest absolute Gasteiger partial charge is 0.243 e. The normalized spacial score (nSPS) is 13.1. The summed E-state index contributed by atoms with van der Waals surface area (Å²) in [6.45, 7) is 1.78. The molecule has 6 atom stereocenters. The summed E-state index contributed by atoms with van der Waals surface area (Å²) in [5, 5.41) is 15.8. The summed E-state index contributed by atoms with van der Waals surface area (Å²) in [6, 6.07) is -7.42. The first-order valence-electron chi connectivity index (χ1n) is 22.1. The minimum atomic E-state index is -1.38. The van der Waals surface area contributed by atoms with Gasteiger partial charge in [0.15, 0.2) is 35.8 Å². The zero-order chi connectivity index (χ0) is 52.3. The number of nitrogens with zero attached hydrogens (tertiary/aromatic N) is 6. The molecule has 0 spiro atoms. The third kappa shape index (κ3) is 31.6. The lowest BCUT2D eigenvalue weighted by atomic mass is 10.0. The fraction of sp³-hybridized carbons (Fsp3) is 0.658. The van der Waals surface area contributed by atoms with Crippen LogP contribution in [-0.4, -0.2) is 153 Å². The van der Waals surface area contributed by atoms with Gasteiger partial charge in [0.25, 0.3) is 0 Å². The number of nitrogens with one attached hydrogen (secondary N) is 6. The number of aliphatic imine (C=N–C) groups is 6. The number of guanidine groups is 6. The van der Waals surface area contributed by atoms with Gasteiger partial charge < -0.3 is 105 Å². The van der Waals surface area contributed by atoms with E-state index in [0.29, 0.717) is 12.7 Å². The van der Waals surface area contributed by atoms with Crippen molar-refractivity contribution in [1.29, 1.82) is 0 Å². The first kappa shape index (κ1) is 61.1. The van der Waals surface area contributed by atoms with E-state index in [1.807, 2.05) is 0 Å².